The molecule has 0 fully saturated rings. The molecule has 0 spiro atoms. The van der Waals surface area contributed by atoms with Crippen molar-refractivity contribution in [1.82, 2.24) is 15.0 Å². The SMILES string of the molecule is COCCCNc1ncncn1. The van der Waals surface area contributed by atoms with E-state index in [-0.39, 0.29) is 0 Å². The van der Waals surface area contributed by atoms with Gasteiger partial charge in [-0.05, 0) is 6.42 Å². The lowest BCUT2D eigenvalue weighted by Crippen LogP contribution is -2.07. The number of rotatable bonds is 5. The highest BCUT2D eigenvalue weighted by molar-refractivity contribution is 5.19. The third-order valence-electron chi connectivity index (χ3n) is 1.30. The lowest BCUT2D eigenvalue weighted by Gasteiger charge is -2.01. The zero-order valence-corrected chi connectivity index (χ0v) is 7.03. The van der Waals surface area contributed by atoms with Crippen LogP contribution in [0.3, 0.4) is 0 Å². The fourth-order valence-corrected chi connectivity index (χ4v) is 0.747. The van der Waals surface area contributed by atoms with Gasteiger partial charge in [-0.1, -0.05) is 0 Å². The normalized spacial score (nSPS) is 9.75. The second-order valence-electron chi connectivity index (χ2n) is 2.23. The van der Waals surface area contributed by atoms with Crippen LogP contribution in [0.1, 0.15) is 6.42 Å². The first-order chi connectivity index (χ1) is 5.93. The van der Waals surface area contributed by atoms with Gasteiger partial charge in [0, 0.05) is 20.3 Å². The van der Waals surface area contributed by atoms with Crippen LogP contribution in [-0.2, 0) is 4.74 Å². The molecule has 0 aliphatic heterocycles. The second kappa shape index (κ2) is 5.42. The quantitative estimate of drug-likeness (QED) is 0.641. The average Bonchev–Trinajstić information content (AvgIpc) is 2.14. The van der Waals surface area contributed by atoms with Gasteiger partial charge in [0.05, 0.1) is 0 Å². The number of anilines is 1. The predicted molar refractivity (Wildman–Crippen MR) is 44.8 cm³/mol. The van der Waals surface area contributed by atoms with E-state index in [1.54, 1.807) is 7.11 Å². The van der Waals surface area contributed by atoms with Crippen molar-refractivity contribution in [3.05, 3.63) is 12.7 Å². The molecule has 1 heterocycles. The molecule has 0 atom stereocenters. The number of hydrogen-bond donors (Lipinski definition) is 1. The van der Waals surface area contributed by atoms with Crippen molar-refractivity contribution < 1.29 is 4.74 Å². The number of methoxy groups -OCH3 is 1. The van der Waals surface area contributed by atoms with Crippen molar-refractivity contribution in [2.24, 2.45) is 0 Å². The first kappa shape index (κ1) is 8.86. The summed E-state index contributed by atoms with van der Waals surface area (Å²) < 4.78 is 4.89. The van der Waals surface area contributed by atoms with Gasteiger partial charge in [0.2, 0.25) is 5.95 Å². The van der Waals surface area contributed by atoms with Crippen LogP contribution >= 0.6 is 0 Å². The van der Waals surface area contributed by atoms with Crippen LogP contribution in [0.25, 0.3) is 0 Å². The van der Waals surface area contributed by atoms with Crippen molar-refractivity contribution in [1.29, 1.82) is 0 Å². The monoisotopic (exact) mass is 168 g/mol. The van der Waals surface area contributed by atoms with Gasteiger partial charge in [0.25, 0.3) is 0 Å². The second-order valence-corrected chi connectivity index (χ2v) is 2.23. The molecular weight excluding hydrogens is 156 g/mol. The Balaban J connectivity index is 2.16. The maximum Gasteiger partial charge on any atom is 0.225 e. The van der Waals surface area contributed by atoms with Crippen LogP contribution in [0.15, 0.2) is 12.7 Å². The van der Waals surface area contributed by atoms with Gasteiger partial charge in [-0.15, -0.1) is 0 Å². The van der Waals surface area contributed by atoms with E-state index in [1.165, 1.54) is 12.7 Å². The minimum Gasteiger partial charge on any atom is -0.385 e. The van der Waals surface area contributed by atoms with Crippen molar-refractivity contribution in [3.8, 4) is 0 Å². The minimum absolute atomic E-state index is 0.612. The van der Waals surface area contributed by atoms with Crippen LogP contribution in [0.2, 0.25) is 0 Å². The van der Waals surface area contributed by atoms with Crippen LogP contribution in [0.4, 0.5) is 5.95 Å². The van der Waals surface area contributed by atoms with Gasteiger partial charge in [0.1, 0.15) is 12.7 Å². The Bertz CT molecular complexity index is 204. The molecule has 0 amide bonds. The largest absolute Gasteiger partial charge is 0.385 e. The molecule has 1 N–H and O–H groups in total. The van der Waals surface area contributed by atoms with E-state index in [0.717, 1.165) is 19.6 Å². The number of hydrogen-bond acceptors (Lipinski definition) is 5. The fraction of sp³-hybridized carbons (Fsp3) is 0.571. The molecule has 12 heavy (non-hydrogen) atoms. The summed E-state index contributed by atoms with van der Waals surface area (Å²) in [7, 11) is 1.68. The molecule has 5 heteroatoms. The molecule has 0 saturated heterocycles. The fourth-order valence-electron chi connectivity index (χ4n) is 0.747. The van der Waals surface area contributed by atoms with E-state index in [0.29, 0.717) is 5.95 Å². The Morgan fingerprint density at radius 3 is 2.83 bits per heavy atom. The Labute approximate surface area is 71.2 Å². The molecule has 0 aromatic carbocycles. The number of ether oxygens (including phenoxy) is 1. The van der Waals surface area contributed by atoms with E-state index < -0.39 is 0 Å². The number of aromatic nitrogens is 3. The molecule has 1 rings (SSSR count). The lowest BCUT2D eigenvalue weighted by atomic mass is 10.4. The Morgan fingerprint density at radius 1 is 1.42 bits per heavy atom. The molecule has 0 aliphatic rings. The van der Waals surface area contributed by atoms with Crippen molar-refractivity contribution in [2.75, 3.05) is 25.6 Å². The first-order valence-corrected chi connectivity index (χ1v) is 3.78. The highest BCUT2D eigenvalue weighted by Gasteiger charge is 1.91. The van der Waals surface area contributed by atoms with Gasteiger partial charge >= 0.3 is 0 Å². The molecule has 0 radical (unpaired) electrons. The third-order valence-corrected chi connectivity index (χ3v) is 1.30. The zero-order valence-electron chi connectivity index (χ0n) is 7.03. The van der Waals surface area contributed by atoms with E-state index in [2.05, 4.69) is 20.3 Å². The van der Waals surface area contributed by atoms with Gasteiger partial charge in [-0.25, -0.2) is 15.0 Å². The van der Waals surface area contributed by atoms with Crippen LogP contribution in [-0.4, -0.2) is 35.2 Å². The van der Waals surface area contributed by atoms with E-state index in [9.17, 15) is 0 Å². The molecule has 5 nitrogen and oxygen atoms in total. The molecule has 0 bridgehead atoms. The molecule has 0 saturated carbocycles. The molecule has 1 aromatic rings. The van der Waals surface area contributed by atoms with Crippen LogP contribution in [0.5, 0.6) is 0 Å². The summed E-state index contributed by atoms with van der Waals surface area (Å²) in [5.74, 6) is 0.612. The molecule has 1 aromatic heterocycles. The Morgan fingerprint density at radius 2 is 2.17 bits per heavy atom. The molecule has 0 unspecified atom stereocenters. The zero-order chi connectivity index (χ0) is 8.65. The summed E-state index contributed by atoms with van der Waals surface area (Å²) in [6, 6.07) is 0. The first-order valence-electron chi connectivity index (χ1n) is 3.78. The molecule has 0 aliphatic carbocycles. The highest BCUT2D eigenvalue weighted by atomic mass is 16.5. The van der Waals surface area contributed by atoms with Crippen molar-refractivity contribution in [3.63, 3.8) is 0 Å². The number of nitrogens with zero attached hydrogens (tertiary/aromatic N) is 3. The van der Waals surface area contributed by atoms with E-state index >= 15 is 0 Å². The van der Waals surface area contributed by atoms with E-state index in [1.807, 2.05) is 0 Å². The lowest BCUT2D eigenvalue weighted by molar-refractivity contribution is 0.197. The highest BCUT2D eigenvalue weighted by Crippen LogP contribution is 1.91. The van der Waals surface area contributed by atoms with Gasteiger partial charge in [0.15, 0.2) is 0 Å². The predicted octanol–water partition coefficient (Wildman–Crippen LogP) is 0.320. The summed E-state index contributed by atoms with van der Waals surface area (Å²) in [6.45, 7) is 1.57. The van der Waals surface area contributed by atoms with Gasteiger partial charge < -0.3 is 10.1 Å². The minimum atomic E-state index is 0.612. The topological polar surface area (TPSA) is 59.9 Å². The van der Waals surface area contributed by atoms with Crippen LogP contribution < -0.4 is 5.32 Å². The number of nitrogens with one attached hydrogen (secondary N) is 1. The summed E-state index contributed by atoms with van der Waals surface area (Å²) >= 11 is 0. The molecular formula is C7H12N4O. The van der Waals surface area contributed by atoms with Crippen molar-refractivity contribution in [2.45, 2.75) is 6.42 Å². The summed E-state index contributed by atoms with van der Waals surface area (Å²) in [4.78, 5) is 11.5. The Hall–Kier alpha value is -1.23. The maximum atomic E-state index is 4.89. The summed E-state index contributed by atoms with van der Waals surface area (Å²) in [5.41, 5.74) is 0. The van der Waals surface area contributed by atoms with Gasteiger partial charge in [-0.2, -0.15) is 0 Å². The van der Waals surface area contributed by atoms with Gasteiger partial charge in [-0.3, -0.25) is 0 Å². The maximum absolute atomic E-state index is 4.89. The third kappa shape index (κ3) is 3.25. The van der Waals surface area contributed by atoms with Crippen molar-refractivity contribution >= 4 is 5.95 Å². The average molecular weight is 168 g/mol. The standard InChI is InChI=1S/C7H12N4O/c1-12-4-2-3-9-7-10-5-8-6-11-7/h5-6H,2-4H2,1H3,(H,8,9,10,11). The summed E-state index contributed by atoms with van der Waals surface area (Å²) in [6.07, 6.45) is 3.87. The Kier molecular flexibility index (Phi) is 4.01. The van der Waals surface area contributed by atoms with Crippen LogP contribution in [0, 0.1) is 0 Å². The smallest absolute Gasteiger partial charge is 0.225 e. The van der Waals surface area contributed by atoms with E-state index in [4.69, 9.17) is 4.74 Å². The summed E-state index contributed by atoms with van der Waals surface area (Å²) in [5, 5.41) is 3.04. The molecule has 66 valence electrons.